The number of rotatable bonds is 5. The molecule has 1 atom stereocenters. The minimum Gasteiger partial charge on any atom is -0.476 e. The lowest BCUT2D eigenvalue weighted by atomic mass is 10.1. The summed E-state index contributed by atoms with van der Waals surface area (Å²) in [5.74, 6) is -0.701. The van der Waals surface area contributed by atoms with Gasteiger partial charge in [0.25, 0.3) is 5.91 Å². The van der Waals surface area contributed by atoms with Crippen molar-refractivity contribution in [1.82, 2.24) is 0 Å². The van der Waals surface area contributed by atoms with Crippen LogP contribution in [-0.4, -0.2) is 45.8 Å². The predicted octanol–water partition coefficient (Wildman–Crippen LogP) is 2.34. The highest BCUT2D eigenvalue weighted by Gasteiger charge is 2.35. The van der Waals surface area contributed by atoms with Crippen molar-refractivity contribution in [2.24, 2.45) is 0 Å². The van der Waals surface area contributed by atoms with E-state index in [1.54, 1.807) is 50.2 Å². The Hall–Kier alpha value is -3.07. The van der Waals surface area contributed by atoms with Crippen LogP contribution >= 0.6 is 0 Å². The van der Waals surface area contributed by atoms with Gasteiger partial charge < -0.3 is 14.8 Å². The highest BCUT2D eigenvalue weighted by atomic mass is 32.2. The Labute approximate surface area is 169 Å². The average molecular weight is 418 g/mol. The first-order chi connectivity index (χ1) is 13.7. The molecule has 0 saturated heterocycles. The molecule has 0 aromatic heterocycles. The first kappa shape index (κ1) is 20.7. The van der Waals surface area contributed by atoms with Crippen molar-refractivity contribution in [3.05, 3.63) is 53.6 Å². The number of hydrogen-bond acceptors (Lipinski definition) is 6. The van der Waals surface area contributed by atoms with Gasteiger partial charge in [-0.25, -0.2) is 13.2 Å². The number of esters is 1. The van der Waals surface area contributed by atoms with Crippen LogP contribution in [0.15, 0.2) is 42.5 Å². The largest absolute Gasteiger partial charge is 0.476 e. The van der Waals surface area contributed by atoms with E-state index in [0.717, 1.165) is 16.1 Å². The van der Waals surface area contributed by atoms with E-state index in [-0.39, 0.29) is 13.2 Å². The summed E-state index contributed by atoms with van der Waals surface area (Å²) in [6, 6.07) is 11.5. The van der Waals surface area contributed by atoms with Gasteiger partial charge in [0, 0.05) is 5.69 Å². The number of amides is 1. The van der Waals surface area contributed by atoms with Gasteiger partial charge in [0.2, 0.25) is 10.0 Å². The van der Waals surface area contributed by atoms with E-state index in [0.29, 0.717) is 22.7 Å². The van der Waals surface area contributed by atoms with Crippen molar-refractivity contribution < 1.29 is 27.5 Å². The Kier molecular flexibility index (Phi) is 5.78. The number of carbonyl (C=O) groups is 2. The van der Waals surface area contributed by atoms with E-state index < -0.39 is 28.0 Å². The standard InChI is InChI=1S/C20H22N2O6S/c1-4-27-20(24)14-10-9-13(2)15(11-14)21-19(23)18-12-22(29(3,25)26)16-7-5-6-8-17(16)28-18/h5-11,18H,4,12H2,1-3H3,(H,21,23)/t18-/m0/s1. The molecule has 0 saturated carbocycles. The molecule has 0 radical (unpaired) electrons. The Bertz CT molecular complexity index is 1050. The molecule has 0 fully saturated rings. The van der Waals surface area contributed by atoms with Crippen LogP contribution in [0.4, 0.5) is 11.4 Å². The molecule has 1 N–H and O–H groups in total. The lowest BCUT2D eigenvalue weighted by Gasteiger charge is -2.33. The summed E-state index contributed by atoms with van der Waals surface area (Å²) in [6.07, 6.45) is 0.0297. The van der Waals surface area contributed by atoms with Crippen LogP contribution in [-0.2, 0) is 19.6 Å². The number of nitrogens with one attached hydrogen (secondary N) is 1. The summed E-state index contributed by atoms with van der Waals surface area (Å²) in [5.41, 5.74) is 1.86. The van der Waals surface area contributed by atoms with Crippen LogP contribution < -0.4 is 14.4 Å². The van der Waals surface area contributed by atoms with E-state index in [2.05, 4.69) is 5.32 Å². The molecule has 0 spiro atoms. The highest BCUT2D eigenvalue weighted by molar-refractivity contribution is 7.92. The maximum atomic E-state index is 12.8. The quantitative estimate of drug-likeness (QED) is 0.748. The zero-order valence-corrected chi connectivity index (χ0v) is 17.2. The van der Waals surface area contributed by atoms with Crippen molar-refractivity contribution in [2.75, 3.05) is 29.0 Å². The van der Waals surface area contributed by atoms with Gasteiger partial charge >= 0.3 is 5.97 Å². The summed E-state index contributed by atoms with van der Waals surface area (Å²) in [6.45, 7) is 3.58. The molecule has 1 heterocycles. The predicted molar refractivity (Wildman–Crippen MR) is 109 cm³/mol. The van der Waals surface area contributed by atoms with Crippen LogP contribution in [0.3, 0.4) is 0 Å². The normalized spacial score (nSPS) is 15.8. The van der Waals surface area contributed by atoms with Crippen LogP contribution in [0.25, 0.3) is 0 Å². The summed E-state index contributed by atoms with van der Waals surface area (Å²) in [7, 11) is -3.60. The van der Waals surface area contributed by atoms with Gasteiger partial charge in [-0.1, -0.05) is 18.2 Å². The van der Waals surface area contributed by atoms with Crippen molar-refractivity contribution in [3.63, 3.8) is 0 Å². The molecule has 2 aromatic carbocycles. The first-order valence-corrected chi connectivity index (χ1v) is 10.9. The number of ether oxygens (including phenoxy) is 2. The molecule has 1 amide bonds. The number of benzene rings is 2. The van der Waals surface area contributed by atoms with Crippen LogP contribution in [0, 0.1) is 6.92 Å². The minimum absolute atomic E-state index is 0.154. The van der Waals surface area contributed by atoms with E-state index in [1.165, 1.54) is 6.07 Å². The molecule has 9 heteroatoms. The number of fused-ring (bicyclic) bond motifs is 1. The number of anilines is 2. The van der Waals surface area contributed by atoms with Gasteiger partial charge in [-0.05, 0) is 43.7 Å². The van der Waals surface area contributed by atoms with E-state index in [4.69, 9.17) is 9.47 Å². The second-order valence-corrected chi connectivity index (χ2v) is 8.51. The average Bonchev–Trinajstić information content (AvgIpc) is 2.68. The monoisotopic (exact) mass is 418 g/mol. The van der Waals surface area contributed by atoms with Crippen molar-refractivity contribution in [1.29, 1.82) is 0 Å². The molecule has 8 nitrogen and oxygen atoms in total. The Morgan fingerprint density at radius 3 is 2.66 bits per heavy atom. The number of carbonyl (C=O) groups excluding carboxylic acids is 2. The van der Waals surface area contributed by atoms with Gasteiger partial charge in [0.15, 0.2) is 6.10 Å². The molecule has 0 unspecified atom stereocenters. The first-order valence-electron chi connectivity index (χ1n) is 9.02. The van der Waals surface area contributed by atoms with E-state index >= 15 is 0 Å². The molecular formula is C20H22N2O6S. The van der Waals surface area contributed by atoms with Crippen LogP contribution in [0.1, 0.15) is 22.8 Å². The Morgan fingerprint density at radius 1 is 1.24 bits per heavy atom. The Morgan fingerprint density at radius 2 is 1.97 bits per heavy atom. The maximum Gasteiger partial charge on any atom is 0.338 e. The fraction of sp³-hybridized carbons (Fsp3) is 0.300. The van der Waals surface area contributed by atoms with E-state index in [9.17, 15) is 18.0 Å². The van der Waals surface area contributed by atoms with Gasteiger partial charge in [0.05, 0.1) is 30.7 Å². The minimum atomic E-state index is -3.60. The fourth-order valence-corrected chi connectivity index (χ4v) is 3.88. The molecular weight excluding hydrogens is 396 g/mol. The number of sulfonamides is 1. The second kappa shape index (κ2) is 8.12. The molecule has 2 aromatic rings. The number of hydrogen-bond donors (Lipinski definition) is 1. The summed E-state index contributed by atoms with van der Waals surface area (Å²) < 4.78 is 36.3. The number of nitrogens with zero attached hydrogens (tertiary/aromatic N) is 1. The topological polar surface area (TPSA) is 102 Å². The van der Waals surface area contributed by atoms with Crippen molar-refractivity contribution in [2.45, 2.75) is 20.0 Å². The van der Waals surface area contributed by atoms with Gasteiger partial charge in [-0.3, -0.25) is 9.10 Å². The summed E-state index contributed by atoms with van der Waals surface area (Å²) in [4.78, 5) is 24.8. The third-order valence-electron chi connectivity index (χ3n) is 4.43. The zero-order chi connectivity index (χ0) is 21.2. The molecule has 1 aliphatic heterocycles. The molecule has 0 aliphatic carbocycles. The van der Waals surface area contributed by atoms with Crippen molar-refractivity contribution in [3.8, 4) is 5.75 Å². The zero-order valence-electron chi connectivity index (χ0n) is 16.3. The summed E-state index contributed by atoms with van der Waals surface area (Å²) in [5, 5.41) is 2.73. The van der Waals surface area contributed by atoms with Crippen LogP contribution in [0.2, 0.25) is 0 Å². The number of para-hydroxylation sites is 2. The lowest BCUT2D eigenvalue weighted by Crippen LogP contribution is -2.48. The second-order valence-electron chi connectivity index (χ2n) is 6.61. The van der Waals surface area contributed by atoms with E-state index in [1.807, 2.05) is 0 Å². The third-order valence-corrected chi connectivity index (χ3v) is 5.58. The Balaban J connectivity index is 1.85. The SMILES string of the molecule is CCOC(=O)c1ccc(C)c(NC(=O)[C@@H]2CN(S(C)(=O)=O)c3ccccc3O2)c1. The molecule has 1 aliphatic rings. The number of aryl methyl sites for hydroxylation is 1. The van der Waals surface area contributed by atoms with Gasteiger partial charge in [0.1, 0.15) is 5.75 Å². The highest BCUT2D eigenvalue weighted by Crippen LogP contribution is 2.34. The third kappa shape index (κ3) is 4.51. The van der Waals surface area contributed by atoms with Gasteiger partial charge in [-0.15, -0.1) is 0 Å². The van der Waals surface area contributed by atoms with Crippen molar-refractivity contribution >= 4 is 33.3 Å². The molecule has 3 rings (SSSR count). The molecule has 29 heavy (non-hydrogen) atoms. The van der Waals surface area contributed by atoms with Gasteiger partial charge in [-0.2, -0.15) is 0 Å². The lowest BCUT2D eigenvalue weighted by molar-refractivity contribution is -0.122. The molecule has 154 valence electrons. The summed E-state index contributed by atoms with van der Waals surface area (Å²) >= 11 is 0. The molecule has 0 bridgehead atoms. The maximum absolute atomic E-state index is 12.8. The smallest absolute Gasteiger partial charge is 0.338 e. The fourth-order valence-electron chi connectivity index (χ4n) is 2.96. The van der Waals surface area contributed by atoms with Crippen LogP contribution in [0.5, 0.6) is 5.75 Å².